The van der Waals surface area contributed by atoms with Crippen molar-refractivity contribution in [2.45, 2.75) is 13.0 Å². The predicted octanol–water partition coefficient (Wildman–Crippen LogP) is 2.07. The van der Waals surface area contributed by atoms with Crippen LogP contribution in [0.2, 0.25) is 0 Å². The van der Waals surface area contributed by atoms with E-state index in [1.165, 1.54) is 0 Å². The molecule has 1 N–H and O–H groups in total. The molecule has 1 unspecified atom stereocenters. The number of nitrogens with one attached hydrogen (secondary N) is 1. The molecule has 1 amide bonds. The van der Waals surface area contributed by atoms with Gasteiger partial charge in [-0.1, -0.05) is 24.3 Å². The van der Waals surface area contributed by atoms with E-state index in [0.717, 1.165) is 36.2 Å². The maximum Gasteiger partial charge on any atom is 0.246 e. The van der Waals surface area contributed by atoms with Gasteiger partial charge < -0.3 is 10.2 Å². The van der Waals surface area contributed by atoms with Gasteiger partial charge in [0, 0.05) is 37.1 Å². The minimum atomic E-state index is 0.0540. The lowest BCUT2D eigenvalue weighted by Crippen LogP contribution is -2.50. The molecule has 0 radical (unpaired) electrons. The van der Waals surface area contributed by atoms with E-state index in [0.29, 0.717) is 6.04 Å². The Balaban J connectivity index is 1.73. The van der Waals surface area contributed by atoms with Crippen LogP contribution in [-0.4, -0.2) is 41.5 Å². The quantitative estimate of drug-likeness (QED) is 0.857. The Morgan fingerprint density at radius 2 is 2.19 bits per heavy atom. The van der Waals surface area contributed by atoms with Crippen LogP contribution in [-0.2, 0) is 4.79 Å². The van der Waals surface area contributed by atoms with Gasteiger partial charge in [0.25, 0.3) is 0 Å². The lowest BCUT2D eigenvalue weighted by Gasteiger charge is -2.31. The Morgan fingerprint density at radius 1 is 1.33 bits per heavy atom. The number of carbonyl (C=O) groups excluding carboxylic acids is 1. The average Bonchev–Trinajstić information content (AvgIpc) is 2.52. The number of fused-ring (bicyclic) bond motifs is 1. The summed E-state index contributed by atoms with van der Waals surface area (Å²) in [5.41, 5.74) is 1.76. The van der Waals surface area contributed by atoms with E-state index in [-0.39, 0.29) is 5.91 Å². The van der Waals surface area contributed by atoms with E-state index in [2.05, 4.69) is 17.2 Å². The fraction of sp³-hybridized carbons (Fsp3) is 0.294. The zero-order valence-corrected chi connectivity index (χ0v) is 12.1. The van der Waals surface area contributed by atoms with Crippen molar-refractivity contribution in [1.82, 2.24) is 15.2 Å². The Kier molecular flexibility index (Phi) is 3.97. The Bertz CT molecular complexity index is 681. The first-order valence-electron chi connectivity index (χ1n) is 7.28. The third kappa shape index (κ3) is 3.28. The van der Waals surface area contributed by atoms with Crippen molar-refractivity contribution in [3.8, 4) is 0 Å². The number of piperazine rings is 1. The Morgan fingerprint density at radius 3 is 3.05 bits per heavy atom. The lowest BCUT2D eigenvalue weighted by atomic mass is 10.2. The zero-order chi connectivity index (χ0) is 14.7. The molecule has 0 saturated carbocycles. The van der Waals surface area contributed by atoms with Gasteiger partial charge in [-0.3, -0.25) is 4.79 Å². The molecule has 1 saturated heterocycles. The van der Waals surface area contributed by atoms with E-state index >= 15 is 0 Å². The maximum atomic E-state index is 12.2. The number of nitrogens with zero attached hydrogens (tertiary/aromatic N) is 2. The van der Waals surface area contributed by atoms with Crippen LogP contribution in [0, 0.1) is 0 Å². The second-order valence-corrected chi connectivity index (χ2v) is 5.40. The molecule has 2 aromatic rings. The molecule has 2 heterocycles. The zero-order valence-electron chi connectivity index (χ0n) is 12.1. The van der Waals surface area contributed by atoms with E-state index in [1.54, 1.807) is 12.2 Å². The predicted molar refractivity (Wildman–Crippen MR) is 84.8 cm³/mol. The highest BCUT2D eigenvalue weighted by molar-refractivity contribution is 5.92. The van der Waals surface area contributed by atoms with Crippen LogP contribution in [0.3, 0.4) is 0 Å². The minimum Gasteiger partial charge on any atom is -0.336 e. The van der Waals surface area contributed by atoms with E-state index in [9.17, 15) is 4.79 Å². The van der Waals surface area contributed by atoms with Gasteiger partial charge in [-0.05, 0) is 25.1 Å². The van der Waals surface area contributed by atoms with Crippen LogP contribution < -0.4 is 5.32 Å². The summed E-state index contributed by atoms with van der Waals surface area (Å²) >= 11 is 0. The first-order chi connectivity index (χ1) is 10.2. The molecule has 108 valence electrons. The van der Waals surface area contributed by atoms with Crippen LogP contribution >= 0.6 is 0 Å². The molecule has 1 aromatic carbocycles. The SMILES string of the molecule is CC1CN(C(=O)C=Cc2ccc3ccccc3n2)CCN1. The third-order valence-corrected chi connectivity index (χ3v) is 3.70. The second-order valence-electron chi connectivity index (χ2n) is 5.40. The molecule has 3 rings (SSSR count). The number of hydrogen-bond acceptors (Lipinski definition) is 3. The fourth-order valence-electron chi connectivity index (χ4n) is 2.57. The molecule has 4 heteroatoms. The molecular formula is C17H19N3O. The van der Waals surface area contributed by atoms with Crippen molar-refractivity contribution in [1.29, 1.82) is 0 Å². The molecule has 1 aliphatic rings. The Labute approximate surface area is 124 Å². The molecular weight excluding hydrogens is 262 g/mol. The van der Waals surface area contributed by atoms with Gasteiger partial charge >= 0.3 is 0 Å². The molecule has 4 nitrogen and oxygen atoms in total. The van der Waals surface area contributed by atoms with Gasteiger partial charge in [0.05, 0.1) is 11.2 Å². The molecule has 0 spiro atoms. The summed E-state index contributed by atoms with van der Waals surface area (Å²) in [6, 6.07) is 12.3. The van der Waals surface area contributed by atoms with Crippen molar-refractivity contribution in [3.05, 3.63) is 48.2 Å². The summed E-state index contributed by atoms with van der Waals surface area (Å²) in [5, 5.41) is 4.44. The van der Waals surface area contributed by atoms with Gasteiger partial charge in [-0.2, -0.15) is 0 Å². The Hall–Kier alpha value is -2.20. The lowest BCUT2D eigenvalue weighted by molar-refractivity contribution is -0.127. The third-order valence-electron chi connectivity index (χ3n) is 3.70. The number of hydrogen-bond donors (Lipinski definition) is 1. The summed E-state index contributed by atoms with van der Waals surface area (Å²) in [4.78, 5) is 18.6. The highest BCUT2D eigenvalue weighted by Crippen LogP contribution is 2.12. The van der Waals surface area contributed by atoms with Crippen LogP contribution in [0.5, 0.6) is 0 Å². The van der Waals surface area contributed by atoms with Crippen LogP contribution in [0.25, 0.3) is 17.0 Å². The first-order valence-corrected chi connectivity index (χ1v) is 7.28. The van der Waals surface area contributed by atoms with Crippen LogP contribution in [0.1, 0.15) is 12.6 Å². The average molecular weight is 281 g/mol. The largest absolute Gasteiger partial charge is 0.336 e. The highest BCUT2D eigenvalue weighted by atomic mass is 16.2. The van der Waals surface area contributed by atoms with Gasteiger partial charge in [0.2, 0.25) is 5.91 Å². The number of carbonyl (C=O) groups is 1. The smallest absolute Gasteiger partial charge is 0.246 e. The van der Waals surface area contributed by atoms with E-state index in [1.807, 2.05) is 41.3 Å². The number of rotatable bonds is 2. The number of para-hydroxylation sites is 1. The van der Waals surface area contributed by atoms with Crippen molar-refractivity contribution < 1.29 is 4.79 Å². The highest BCUT2D eigenvalue weighted by Gasteiger charge is 2.18. The monoisotopic (exact) mass is 281 g/mol. The molecule has 1 fully saturated rings. The van der Waals surface area contributed by atoms with Crippen molar-refractivity contribution in [2.75, 3.05) is 19.6 Å². The molecule has 1 aliphatic heterocycles. The van der Waals surface area contributed by atoms with E-state index < -0.39 is 0 Å². The molecule has 1 aromatic heterocycles. The molecule has 0 bridgehead atoms. The number of amides is 1. The summed E-state index contributed by atoms with van der Waals surface area (Å²) in [6.45, 7) is 4.47. The van der Waals surface area contributed by atoms with Gasteiger partial charge in [-0.25, -0.2) is 4.98 Å². The minimum absolute atomic E-state index is 0.0540. The summed E-state index contributed by atoms with van der Waals surface area (Å²) in [6.07, 6.45) is 3.41. The van der Waals surface area contributed by atoms with Crippen molar-refractivity contribution >= 4 is 22.9 Å². The van der Waals surface area contributed by atoms with Crippen molar-refractivity contribution in [3.63, 3.8) is 0 Å². The summed E-state index contributed by atoms with van der Waals surface area (Å²) in [5.74, 6) is 0.0540. The normalized spacial score (nSPS) is 19.3. The van der Waals surface area contributed by atoms with Gasteiger partial charge in [-0.15, -0.1) is 0 Å². The molecule has 0 aliphatic carbocycles. The van der Waals surface area contributed by atoms with Gasteiger partial charge in [0.15, 0.2) is 0 Å². The van der Waals surface area contributed by atoms with Gasteiger partial charge in [0.1, 0.15) is 0 Å². The summed E-state index contributed by atoms with van der Waals surface area (Å²) in [7, 11) is 0. The topological polar surface area (TPSA) is 45.2 Å². The van der Waals surface area contributed by atoms with E-state index in [4.69, 9.17) is 0 Å². The van der Waals surface area contributed by atoms with Crippen molar-refractivity contribution in [2.24, 2.45) is 0 Å². The summed E-state index contributed by atoms with van der Waals surface area (Å²) < 4.78 is 0. The van der Waals surface area contributed by atoms with Crippen LogP contribution in [0.15, 0.2) is 42.5 Å². The fourth-order valence-corrected chi connectivity index (χ4v) is 2.57. The standard InChI is InChI=1S/C17H19N3O/c1-13-12-20(11-10-18-13)17(21)9-8-15-7-6-14-4-2-3-5-16(14)19-15/h2-9,13,18H,10-12H2,1H3. The number of aromatic nitrogens is 1. The molecule has 21 heavy (non-hydrogen) atoms. The maximum absolute atomic E-state index is 12.2. The molecule has 1 atom stereocenters. The second kappa shape index (κ2) is 6.06. The number of pyridine rings is 1. The number of benzene rings is 1. The van der Waals surface area contributed by atoms with Crippen LogP contribution in [0.4, 0.5) is 0 Å². The first kappa shape index (κ1) is 13.8.